The van der Waals surface area contributed by atoms with E-state index in [1.807, 2.05) is 30.3 Å². The summed E-state index contributed by atoms with van der Waals surface area (Å²) in [5.41, 5.74) is -0.0329. The molecule has 2 aromatic carbocycles. The van der Waals surface area contributed by atoms with Crippen LogP contribution in [0.4, 0.5) is 0 Å². The Labute approximate surface area is 201 Å². The number of esters is 1. The maximum atomic E-state index is 12.5. The first-order valence-corrected chi connectivity index (χ1v) is 11.5. The molecule has 0 spiro atoms. The maximum Gasteiger partial charge on any atom is 0.316 e. The molecule has 0 amide bonds. The van der Waals surface area contributed by atoms with Gasteiger partial charge in [-0.2, -0.15) is 0 Å². The van der Waals surface area contributed by atoms with Crippen molar-refractivity contribution in [3.8, 4) is 5.75 Å². The number of benzene rings is 2. The Morgan fingerprint density at radius 3 is 1.59 bits per heavy atom. The van der Waals surface area contributed by atoms with Crippen molar-refractivity contribution in [3.63, 3.8) is 0 Å². The number of hydrogen-bond donors (Lipinski definition) is 1. The molecule has 0 saturated heterocycles. The largest absolute Gasteiger partial charge is 0.481 e. The van der Waals surface area contributed by atoms with Crippen molar-refractivity contribution >= 4 is 23.5 Å². The van der Waals surface area contributed by atoms with Gasteiger partial charge in [-0.05, 0) is 63.8 Å². The Bertz CT molecular complexity index is 1000. The number of Topliss-reactive ketones (excluding diaryl/α,β-unsaturated/α-hetero) is 2. The minimum atomic E-state index is -0.924. The van der Waals surface area contributed by atoms with Gasteiger partial charge >= 0.3 is 11.9 Å². The average Bonchev–Trinajstić information content (AvgIpc) is 2.78. The van der Waals surface area contributed by atoms with Crippen LogP contribution in [-0.2, 0) is 32.0 Å². The molecular formula is C28H34O6. The molecule has 0 radical (unpaired) electrons. The highest BCUT2D eigenvalue weighted by molar-refractivity contribution is 5.84. The fourth-order valence-electron chi connectivity index (χ4n) is 3.25. The molecule has 2 aromatic rings. The normalized spacial score (nSPS) is 11.6. The third-order valence-electron chi connectivity index (χ3n) is 5.97. The lowest BCUT2D eigenvalue weighted by Gasteiger charge is -2.22. The van der Waals surface area contributed by atoms with Crippen LogP contribution in [0.15, 0.2) is 54.6 Å². The van der Waals surface area contributed by atoms with Crippen LogP contribution in [0.2, 0.25) is 0 Å². The Kier molecular flexibility index (Phi) is 9.30. The smallest absolute Gasteiger partial charge is 0.316 e. The molecule has 34 heavy (non-hydrogen) atoms. The van der Waals surface area contributed by atoms with E-state index >= 15 is 0 Å². The van der Waals surface area contributed by atoms with Crippen LogP contribution in [0.3, 0.4) is 0 Å². The number of ether oxygens (including phenoxy) is 1. The van der Waals surface area contributed by atoms with Crippen molar-refractivity contribution in [1.82, 2.24) is 0 Å². The number of carbonyl (C=O) groups is 4. The molecule has 6 heteroatoms. The van der Waals surface area contributed by atoms with E-state index in [1.54, 1.807) is 52.0 Å². The first-order valence-electron chi connectivity index (χ1n) is 11.5. The summed E-state index contributed by atoms with van der Waals surface area (Å²) in [5, 5.41) is 9.15. The van der Waals surface area contributed by atoms with Gasteiger partial charge in [-0.15, -0.1) is 0 Å². The highest BCUT2D eigenvalue weighted by Crippen LogP contribution is 2.26. The molecule has 182 valence electrons. The molecule has 0 fully saturated rings. The Morgan fingerprint density at radius 2 is 1.15 bits per heavy atom. The van der Waals surface area contributed by atoms with Gasteiger partial charge in [-0.3, -0.25) is 19.2 Å². The van der Waals surface area contributed by atoms with Gasteiger partial charge in [0.1, 0.15) is 17.3 Å². The SMILES string of the molecule is CC(C)(CCC(=O)Cc1ccc(CC(=O)CCC(C)(C)C(=O)Oc2ccccc2)cc1)C(=O)O. The zero-order valence-corrected chi connectivity index (χ0v) is 20.4. The summed E-state index contributed by atoms with van der Waals surface area (Å²) in [6, 6.07) is 16.2. The van der Waals surface area contributed by atoms with Crippen LogP contribution in [0.1, 0.15) is 64.5 Å². The van der Waals surface area contributed by atoms with E-state index in [0.717, 1.165) is 11.1 Å². The minimum absolute atomic E-state index is 0.0113. The molecule has 0 bridgehead atoms. The summed E-state index contributed by atoms with van der Waals surface area (Å²) in [6.45, 7) is 6.77. The standard InChI is InChI=1S/C28H34O6/c1-27(2,25(31)32)16-14-22(29)18-20-10-12-21(13-11-20)19-23(30)15-17-28(3,4)26(33)34-24-8-6-5-7-9-24/h5-13H,14-19H2,1-4H3,(H,31,32). The van der Waals surface area contributed by atoms with E-state index in [-0.39, 0.29) is 43.2 Å². The number of rotatable bonds is 13. The van der Waals surface area contributed by atoms with Crippen molar-refractivity contribution in [2.45, 2.75) is 66.2 Å². The number of aliphatic carboxylic acids is 1. The van der Waals surface area contributed by atoms with E-state index in [0.29, 0.717) is 18.6 Å². The second kappa shape index (κ2) is 11.7. The molecule has 1 N–H and O–H groups in total. The van der Waals surface area contributed by atoms with Gasteiger partial charge in [0.05, 0.1) is 10.8 Å². The molecule has 0 atom stereocenters. The van der Waals surface area contributed by atoms with Crippen molar-refractivity contribution in [2.24, 2.45) is 10.8 Å². The fourth-order valence-corrected chi connectivity index (χ4v) is 3.25. The van der Waals surface area contributed by atoms with Crippen LogP contribution < -0.4 is 4.74 Å². The molecule has 0 aliphatic heterocycles. The average molecular weight is 467 g/mol. The summed E-state index contributed by atoms with van der Waals surface area (Å²) in [5.74, 6) is -0.780. The summed E-state index contributed by atoms with van der Waals surface area (Å²) >= 11 is 0. The van der Waals surface area contributed by atoms with Crippen LogP contribution in [0.25, 0.3) is 0 Å². The first-order chi connectivity index (χ1) is 15.9. The van der Waals surface area contributed by atoms with E-state index < -0.39 is 16.8 Å². The lowest BCUT2D eigenvalue weighted by Crippen LogP contribution is -2.29. The molecule has 0 aliphatic rings. The monoisotopic (exact) mass is 466 g/mol. The van der Waals surface area contributed by atoms with Gasteiger partial charge in [0, 0.05) is 25.7 Å². The van der Waals surface area contributed by atoms with Crippen LogP contribution in [0.5, 0.6) is 5.75 Å². The van der Waals surface area contributed by atoms with E-state index in [4.69, 9.17) is 9.84 Å². The van der Waals surface area contributed by atoms with Crippen molar-refractivity contribution in [2.75, 3.05) is 0 Å². The highest BCUT2D eigenvalue weighted by Gasteiger charge is 2.30. The maximum absolute atomic E-state index is 12.5. The van der Waals surface area contributed by atoms with Crippen LogP contribution in [0, 0.1) is 10.8 Å². The zero-order valence-electron chi connectivity index (χ0n) is 20.4. The molecular weight excluding hydrogens is 432 g/mol. The fraction of sp³-hybridized carbons (Fsp3) is 0.429. The van der Waals surface area contributed by atoms with Crippen LogP contribution >= 0.6 is 0 Å². The minimum Gasteiger partial charge on any atom is -0.481 e. The van der Waals surface area contributed by atoms with E-state index in [9.17, 15) is 19.2 Å². The Hall–Kier alpha value is -3.28. The second-order valence-electron chi connectivity index (χ2n) is 10.0. The second-order valence-corrected chi connectivity index (χ2v) is 10.0. The van der Waals surface area contributed by atoms with Crippen molar-refractivity contribution in [3.05, 3.63) is 65.7 Å². The number of carboxylic acids is 1. The Morgan fingerprint density at radius 1 is 0.706 bits per heavy atom. The molecule has 0 aromatic heterocycles. The lowest BCUT2D eigenvalue weighted by molar-refractivity contribution is -0.147. The quantitative estimate of drug-likeness (QED) is 0.321. The number of hydrogen-bond acceptors (Lipinski definition) is 5. The lowest BCUT2D eigenvalue weighted by atomic mass is 9.86. The predicted molar refractivity (Wildman–Crippen MR) is 130 cm³/mol. The molecule has 0 saturated carbocycles. The van der Waals surface area contributed by atoms with Crippen LogP contribution in [-0.4, -0.2) is 28.6 Å². The Balaban J connectivity index is 1.80. The molecule has 0 aliphatic carbocycles. The third kappa shape index (κ3) is 8.58. The number of para-hydroxylation sites is 1. The summed E-state index contributed by atoms with van der Waals surface area (Å²) in [7, 11) is 0. The zero-order chi connectivity index (χ0) is 25.4. The molecule has 2 rings (SSSR count). The summed E-state index contributed by atoms with van der Waals surface area (Å²) in [4.78, 5) is 48.3. The van der Waals surface area contributed by atoms with Gasteiger partial charge in [-0.1, -0.05) is 42.5 Å². The van der Waals surface area contributed by atoms with Gasteiger partial charge in [-0.25, -0.2) is 0 Å². The molecule has 6 nitrogen and oxygen atoms in total. The van der Waals surface area contributed by atoms with Crippen molar-refractivity contribution < 1.29 is 29.0 Å². The number of carbonyl (C=O) groups excluding carboxylic acids is 3. The van der Waals surface area contributed by atoms with E-state index in [2.05, 4.69) is 0 Å². The van der Waals surface area contributed by atoms with Gasteiger partial charge in [0.2, 0.25) is 0 Å². The van der Waals surface area contributed by atoms with Crippen molar-refractivity contribution in [1.29, 1.82) is 0 Å². The van der Waals surface area contributed by atoms with E-state index in [1.165, 1.54) is 0 Å². The third-order valence-corrected chi connectivity index (χ3v) is 5.97. The molecule has 0 heterocycles. The van der Waals surface area contributed by atoms with Gasteiger partial charge < -0.3 is 9.84 Å². The van der Waals surface area contributed by atoms with Gasteiger partial charge in [0.25, 0.3) is 0 Å². The topological polar surface area (TPSA) is 97.7 Å². The first kappa shape index (κ1) is 27.0. The summed E-state index contributed by atoms with van der Waals surface area (Å²) in [6.07, 6.45) is 1.64. The summed E-state index contributed by atoms with van der Waals surface area (Å²) < 4.78 is 5.42. The number of carboxylic acid groups (broad SMARTS) is 1. The highest BCUT2D eigenvalue weighted by atomic mass is 16.5. The van der Waals surface area contributed by atoms with Gasteiger partial charge in [0.15, 0.2) is 0 Å². The number of ketones is 2. The molecule has 0 unspecified atom stereocenters. The predicted octanol–water partition coefficient (Wildman–Crippen LogP) is 5.21.